The smallest absolute Gasteiger partial charge is 0.242 e. The first-order chi connectivity index (χ1) is 13.3. The molecule has 0 saturated heterocycles. The molecule has 9 heteroatoms. The second kappa shape index (κ2) is 8.60. The summed E-state index contributed by atoms with van der Waals surface area (Å²) in [5.74, 6) is 0.620. The van der Waals surface area contributed by atoms with Gasteiger partial charge in [0, 0.05) is 25.5 Å². The van der Waals surface area contributed by atoms with Crippen molar-refractivity contribution in [3.8, 4) is 0 Å². The highest BCUT2D eigenvalue weighted by atomic mass is 32.2. The quantitative estimate of drug-likeness (QED) is 0.554. The Hall–Kier alpha value is -1.94. The molecule has 6 nitrogen and oxygen atoms in total. The van der Waals surface area contributed by atoms with Gasteiger partial charge in [-0.05, 0) is 42.7 Å². The van der Waals surface area contributed by atoms with Gasteiger partial charge in [-0.25, -0.2) is 12.7 Å². The summed E-state index contributed by atoms with van der Waals surface area (Å²) in [7, 11) is -0.371. The molecule has 0 radical (unpaired) electrons. The molecule has 0 atom stereocenters. The fraction of sp³-hybridized carbons (Fsp3) is 0.263. The standard InChI is InChI=1S/C19H22N4O2S3/c1-13-7-5-8-14(2)17(13)20-18-21-22-19(27-18)26-12-15-9-6-10-16(11-15)28(24,25)23(3)4/h5-11H,12H2,1-4H3,(H,20,21). The van der Waals surface area contributed by atoms with Gasteiger partial charge >= 0.3 is 0 Å². The van der Waals surface area contributed by atoms with Crippen LogP contribution in [0.5, 0.6) is 0 Å². The number of aromatic nitrogens is 2. The fourth-order valence-corrected chi connectivity index (χ4v) is 5.26. The van der Waals surface area contributed by atoms with Gasteiger partial charge in [0.15, 0.2) is 4.34 Å². The number of hydrogen-bond donors (Lipinski definition) is 1. The molecule has 0 aliphatic heterocycles. The Morgan fingerprint density at radius 2 is 1.75 bits per heavy atom. The highest BCUT2D eigenvalue weighted by molar-refractivity contribution is 8.00. The average molecular weight is 435 g/mol. The third-order valence-corrected chi connectivity index (χ3v) is 8.01. The number of nitrogens with one attached hydrogen (secondary N) is 1. The predicted molar refractivity (Wildman–Crippen MR) is 116 cm³/mol. The van der Waals surface area contributed by atoms with Crippen LogP contribution in [0.15, 0.2) is 51.7 Å². The van der Waals surface area contributed by atoms with E-state index in [0.717, 1.165) is 31.8 Å². The zero-order chi connectivity index (χ0) is 20.3. The van der Waals surface area contributed by atoms with Gasteiger partial charge in [-0.3, -0.25) is 0 Å². The molecular weight excluding hydrogens is 412 g/mol. The molecule has 0 amide bonds. The maximum Gasteiger partial charge on any atom is 0.242 e. The van der Waals surface area contributed by atoms with Gasteiger partial charge in [0.05, 0.1) is 4.90 Å². The Morgan fingerprint density at radius 3 is 2.43 bits per heavy atom. The van der Waals surface area contributed by atoms with E-state index in [4.69, 9.17) is 0 Å². The molecule has 148 valence electrons. The lowest BCUT2D eigenvalue weighted by Gasteiger charge is -2.12. The van der Waals surface area contributed by atoms with Crippen molar-refractivity contribution in [2.24, 2.45) is 0 Å². The number of nitrogens with zero attached hydrogens (tertiary/aromatic N) is 3. The molecule has 0 fully saturated rings. The molecule has 28 heavy (non-hydrogen) atoms. The van der Waals surface area contributed by atoms with Crippen molar-refractivity contribution in [1.29, 1.82) is 0 Å². The molecule has 1 aromatic heterocycles. The minimum atomic E-state index is -3.43. The lowest BCUT2D eigenvalue weighted by molar-refractivity contribution is 0.520. The summed E-state index contributed by atoms with van der Waals surface area (Å²) in [5.41, 5.74) is 4.29. The van der Waals surface area contributed by atoms with E-state index in [9.17, 15) is 8.42 Å². The maximum atomic E-state index is 12.3. The van der Waals surface area contributed by atoms with Crippen molar-refractivity contribution >= 4 is 43.9 Å². The number of thioether (sulfide) groups is 1. The number of sulfonamides is 1. The van der Waals surface area contributed by atoms with E-state index in [1.165, 1.54) is 41.5 Å². The third-order valence-electron chi connectivity index (χ3n) is 4.16. The van der Waals surface area contributed by atoms with Crippen molar-refractivity contribution in [2.75, 3.05) is 19.4 Å². The first-order valence-corrected chi connectivity index (χ1v) is 11.8. The second-order valence-electron chi connectivity index (χ2n) is 6.49. The Bertz CT molecular complexity index is 1060. The van der Waals surface area contributed by atoms with Crippen LogP contribution < -0.4 is 5.32 Å². The van der Waals surface area contributed by atoms with E-state index in [-0.39, 0.29) is 0 Å². The van der Waals surface area contributed by atoms with Gasteiger partial charge in [0.25, 0.3) is 0 Å². The Kier molecular flexibility index (Phi) is 6.39. The number of rotatable bonds is 7. The molecule has 2 aromatic carbocycles. The topological polar surface area (TPSA) is 75.2 Å². The Balaban J connectivity index is 1.68. The molecule has 0 bridgehead atoms. The zero-order valence-electron chi connectivity index (χ0n) is 16.1. The Labute approximate surface area is 174 Å². The summed E-state index contributed by atoms with van der Waals surface area (Å²) in [5, 5.41) is 12.5. The van der Waals surface area contributed by atoms with E-state index < -0.39 is 10.0 Å². The lowest BCUT2D eigenvalue weighted by atomic mass is 10.1. The van der Waals surface area contributed by atoms with E-state index >= 15 is 0 Å². The minimum absolute atomic E-state index is 0.297. The van der Waals surface area contributed by atoms with Gasteiger partial charge in [-0.1, -0.05) is 53.4 Å². The molecule has 3 rings (SSSR count). The summed E-state index contributed by atoms with van der Waals surface area (Å²) < 4.78 is 26.6. The first kappa shape index (κ1) is 20.8. The third kappa shape index (κ3) is 4.72. The number of benzene rings is 2. The van der Waals surface area contributed by atoms with Crippen molar-refractivity contribution in [1.82, 2.24) is 14.5 Å². The summed E-state index contributed by atoms with van der Waals surface area (Å²) >= 11 is 3.02. The van der Waals surface area contributed by atoms with Gasteiger partial charge in [0.1, 0.15) is 0 Å². The van der Waals surface area contributed by atoms with Crippen LogP contribution in [0.2, 0.25) is 0 Å². The molecule has 0 unspecified atom stereocenters. The molecule has 0 aliphatic rings. The summed E-state index contributed by atoms with van der Waals surface area (Å²) in [6, 6.07) is 13.1. The lowest BCUT2D eigenvalue weighted by Crippen LogP contribution is -2.22. The highest BCUT2D eigenvalue weighted by Crippen LogP contribution is 2.32. The van der Waals surface area contributed by atoms with Crippen LogP contribution in [0.25, 0.3) is 0 Å². The van der Waals surface area contributed by atoms with E-state index in [1.807, 2.05) is 12.1 Å². The predicted octanol–water partition coefficient (Wildman–Crippen LogP) is 4.44. The average Bonchev–Trinajstić information content (AvgIpc) is 3.11. The van der Waals surface area contributed by atoms with Crippen LogP contribution >= 0.6 is 23.1 Å². The minimum Gasteiger partial charge on any atom is -0.330 e. The number of anilines is 2. The van der Waals surface area contributed by atoms with Crippen molar-refractivity contribution < 1.29 is 8.42 Å². The van der Waals surface area contributed by atoms with E-state index in [2.05, 4.69) is 41.5 Å². The van der Waals surface area contributed by atoms with Gasteiger partial charge < -0.3 is 5.32 Å². The second-order valence-corrected chi connectivity index (χ2v) is 10.8. The van der Waals surface area contributed by atoms with Crippen molar-refractivity contribution in [2.45, 2.75) is 28.8 Å². The zero-order valence-corrected chi connectivity index (χ0v) is 18.6. The molecule has 1 N–H and O–H groups in total. The first-order valence-electron chi connectivity index (χ1n) is 8.58. The monoisotopic (exact) mass is 434 g/mol. The molecule has 3 aromatic rings. The van der Waals surface area contributed by atoms with Crippen LogP contribution in [0.1, 0.15) is 16.7 Å². The molecule has 1 heterocycles. The molecular formula is C19H22N4O2S3. The van der Waals surface area contributed by atoms with E-state index in [1.54, 1.807) is 18.2 Å². The van der Waals surface area contributed by atoms with Crippen LogP contribution in [-0.4, -0.2) is 37.0 Å². The van der Waals surface area contributed by atoms with Gasteiger partial charge in [-0.15, -0.1) is 10.2 Å². The van der Waals surface area contributed by atoms with Crippen molar-refractivity contribution in [3.63, 3.8) is 0 Å². The number of hydrogen-bond acceptors (Lipinski definition) is 7. The van der Waals surface area contributed by atoms with Gasteiger partial charge in [-0.2, -0.15) is 0 Å². The fourth-order valence-electron chi connectivity index (χ4n) is 2.59. The molecule has 0 aliphatic carbocycles. The number of para-hydroxylation sites is 1. The molecule has 0 spiro atoms. The summed E-state index contributed by atoms with van der Waals surface area (Å²) in [6.45, 7) is 4.11. The number of aryl methyl sites for hydroxylation is 2. The van der Waals surface area contributed by atoms with Crippen LogP contribution in [-0.2, 0) is 15.8 Å². The normalized spacial score (nSPS) is 11.8. The SMILES string of the molecule is Cc1cccc(C)c1Nc1nnc(SCc2cccc(S(=O)(=O)N(C)C)c2)s1. The van der Waals surface area contributed by atoms with Crippen LogP contribution in [0.4, 0.5) is 10.8 Å². The summed E-state index contributed by atoms with van der Waals surface area (Å²) in [4.78, 5) is 0.297. The summed E-state index contributed by atoms with van der Waals surface area (Å²) in [6.07, 6.45) is 0. The van der Waals surface area contributed by atoms with Crippen LogP contribution in [0, 0.1) is 13.8 Å². The maximum absolute atomic E-state index is 12.3. The Morgan fingerprint density at radius 1 is 1.07 bits per heavy atom. The van der Waals surface area contributed by atoms with E-state index in [0.29, 0.717) is 10.6 Å². The largest absolute Gasteiger partial charge is 0.330 e. The van der Waals surface area contributed by atoms with Gasteiger partial charge in [0.2, 0.25) is 15.2 Å². The van der Waals surface area contributed by atoms with Crippen molar-refractivity contribution in [3.05, 3.63) is 59.2 Å². The molecule has 0 saturated carbocycles. The van der Waals surface area contributed by atoms with Crippen LogP contribution in [0.3, 0.4) is 0 Å². The highest BCUT2D eigenvalue weighted by Gasteiger charge is 2.17.